The van der Waals surface area contributed by atoms with Crippen molar-refractivity contribution in [1.29, 1.82) is 0 Å². The summed E-state index contributed by atoms with van der Waals surface area (Å²) in [5, 5.41) is 5.08. The number of ether oxygens (including phenoxy) is 2. The summed E-state index contributed by atoms with van der Waals surface area (Å²) in [6, 6.07) is 13.7. The molecule has 2 aromatic rings. The molecule has 0 saturated carbocycles. The molecule has 0 radical (unpaired) electrons. The van der Waals surface area contributed by atoms with Crippen LogP contribution in [0.4, 0.5) is 11.4 Å². The lowest BCUT2D eigenvalue weighted by Crippen LogP contribution is -2.29. The van der Waals surface area contributed by atoms with Gasteiger partial charge < -0.3 is 20.1 Å². The third kappa shape index (κ3) is 4.74. The van der Waals surface area contributed by atoms with Gasteiger partial charge in [0.15, 0.2) is 0 Å². The predicted molar refractivity (Wildman–Crippen MR) is 92.5 cm³/mol. The number of anilines is 2. The zero-order valence-corrected chi connectivity index (χ0v) is 13.8. The zero-order chi connectivity index (χ0) is 17.5. The van der Waals surface area contributed by atoms with Crippen molar-refractivity contribution in [3.8, 4) is 11.5 Å². The number of carbonyl (C=O) groups is 2. The minimum absolute atomic E-state index is 0.0452. The monoisotopic (exact) mass is 328 g/mol. The Morgan fingerprint density at radius 2 is 1.54 bits per heavy atom. The third-order valence-corrected chi connectivity index (χ3v) is 3.05. The minimum atomic E-state index is -0.773. The van der Waals surface area contributed by atoms with Gasteiger partial charge in [0.05, 0.1) is 18.9 Å². The largest absolute Gasteiger partial charge is 0.497 e. The average molecular weight is 328 g/mol. The first-order valence-electron chi connectivity index (χ1n) is 7.51. The molecule has 0 spiro atoms. The number of benzene rings is 2. The summed E-state index contributed by atoms with van der Waals surface area (Å²) >= 11 is 0. The average Bonchev–Trinajstić information content (AvgIpc) is 2.56. The van der Waals surface area contributed by atoms with E-state index in [1.807, 2.05) is 13.8 Å². The van der Waals surface area contributed by atoms with Gasteiger partial charge in [-0.1, -0.05) is 12.1 Å². The van der Waals surface area contributed by atoms with Gasteiger partial charge in [0.2, 0.25) is 0 Å². The molecule has 0 atom stereocenters. The van der Waals surface area contributed by atoms with Crippen LogP contribution in [0.25, 0.3) is 0 Å². The van der Waals surface area contributed by atoms with Crippen LogP contribution in [0.1, 0.15) is 13.8 Å². The fraction of sp³-hybridized carbons (Fsp3) is 0.222. The quantitative estimate of drug-likeness (QED) is 0.827. The highest BCUT2D eigenvalue weighted by Gasteiger charge is 2.16. The van der Waals surface area contributed by atoms with Crippen molar-refractivity contribution >= 4 is 23.2 Å². The number of rotatable bonds is 5. The molecule has 2 aromatic carbocycles. The molecule has 0 heterocycles. The van der Waals surface area contributed by atoms with Gasteiger partial charge >= 0.3 is 11.8 Å². The zero-order valence-electron chi connectivity index (χ0n) is 13.8. The molecule has 0 aliphatic rings. The molecular weight excluding hydrogens is 308 g/mol. The Morgan fingerprint density at radius 3 is 2.17 bits per heavy atom. The molecule has 0 saturated heterocycles. The number of hydrogen-bond donors (Lipinski definition) is 2. The Bertz CT molecular complexity index is 711. The van der Waals surface area contributed by atoms with Gasteiger partial charge in [-0.15, -0.1) is 0 Å². The number of nitrogens with one attached hydrogen (secondary N) is 2. The van der Waals surface area contributed by atoms with E-state index in [-0.39, 0.29) is 6.10 Å². The van der Waals surface area contributed by atoms with E-state index in [0.29, 0.717) is 22.9 Å². The van der Waals surface area contributed by atoms with E-state index in [4.69, 9.17) is 9.47 Å². The van der Waals surface area contributed by atoms with Crippen molar-refractivity contribution in [2.45, 2.75) is 20.0 Å². The summed E-state index contributed by atoms with van der Waals surface area (Å²) in [7, 11) is 1.55. The van der Waals surface area contributed by atoms with Gasteiger partial charge in [-0.25, -0.2) is 0 Å². The Labute approximate surface area is 140 Å². The Morgan fingerprint density at radius 1 is 0.917 bits per heavy atom. The lowest BCUT2D eigenvalue weighted by Gasteiger charge is -2.14. The van der Waals surface area contributed by atoms with E-state index < -0.39 is 11.8 Å². The smallest absolute Gasteiger partial charge is 0.314 e. The van der Waals surface area contributed by atoms with Gasteiger partial charge in [-0.3, -0.25) is 9.59 Å². The van der Waals surface area contributed by atoms with Crippen LogP contribution in [-0.2, 0) is 9.59 Å². The van der Waals surface area contributed by atoms with Gasteiger partial charge in [0.1, 0.15) is 11.5 Å². The van der Waals surface area contributed by atoms with Crippen LogP contribution in [0.3, 0.4) is 0 Å². The van der Waals surface area contributed by atoms with Crippen LogP contribution in [-0.4, -0.2) is 25.0 Å². The van der Waals surface area contributed by atoms with Crippen molar-refractivity contribution < 1.29 is 19.1 Å². The Balaban J connectivity index is 2.02. The Hall–Kier alpha value is -3.02. The van der Waals surface area contributed by atoms with Crippen LogP contribution >= 0.6 is 0 Å². The van der Waals surface area contributed by atoms with Crippen molar-refractivity contribution in [1.82, 2.24) is 0 Å². The van der Waals surface area contributed by atoms with Crippen LogP contribution in [0.5, 0.6) is 11.5 Å². The van der Waals surface area contributed by atoms with Crippen LogP contribution in [0.15, 0.2) is 48.5 Å². The number of methoxy groups -OCH3 is 1. The topological polar surface area (TPSA) is 76.7 Å². The van der Waals surface area contributed by atoms with Gasteiger partial charge in [-0.2, -0.15) is 0 Å². The fourth-order valence-electron chi connectivity index (χ4n) is 1.97. The molecule has 6 heteroatoms. The fourth-order valence-corrected chi connectivity index (χ4v) is 1.97. The van der Waals surface area contributed by atoms with Crippen LogP contribution < -0.4 is 20.1 Å². The summed E-state index contributed by atoms with van der Waals surface area (Å²) in [6.07, 6.45) is -0.0452. The molecule has 2 amide bonds. The number of amides is 2. The first-order chi connectivity index (χ1) is 11.5. The standard InChI is InChI=1S/C18H20N2O4/c1-12(2)24-16-7-5-4-6-15(16)20-18(22)17(21)19-13-8-10-14(23-3)11-9-13/h4-12H,1-3H3,(H,19,21)(H,20,22). The normalized spacial score (nSPS) is 10.2. The molecule has 2 N–H and O–H groups in total. The summed E-state index contributed by atoms with van der Waals surface area (Å²) in [5.74, 6) is -0.361. The number of hydrogen-bond acceptors (Lipinski definition) is 4. The molecule has 0 aromatic heterocycles. The molecule has 2 rings (SSSR count). The maximum Gasteiger partial charge on any atom is 0.314 e. The van der Waals surface area contributed by atoms with Crippen molar-refractivity contribution in [2.75, 3.05) is 17.7 Å². The molecule has 6 nitrogen and oxygen atoms in total. The summed E-state index contributed by atoms with van der Waals surface area (Å²) in [6.45, 7) is 3.77. The SMILES string of the molecule is COc1ccc(NC(=O)C(=O)Nc2ccccc2OC(C)C)cc1. The van der Waals surface area contributed by atoms with Crippen LogP contribution in [0, 0.1) is 0 Å². The maximum atomic E-state index is 12.1. The first kappa shape index (κ1) is 17.3. The van der Waals surface area contributed by atoms with Crippen molar-refractivity contribution in [3.05, 3.63) is 48.5 Å². The molecular formula is C18H20N2O4. The Kier molecular flexibility index (Phi) is 5.78. The minimum Gasteiger partial charge on any atom is -0.497 e. The molecule has 24 heavy (non-hydrogen) atoms. The molecule has 0 aliphatic carbocycles. The summed E-state index contributed by atoms with van der Waals surface area (Å²) < 4.78 is 10.6. The van der Waals surface area contributed by atoms with E-state index >= 15 is 0 Å². The molecule has 126 valence electrons. The van der Waals surface area contributed by atoms with Gasteiger partial charge in [-0.05, 0) is 50.2 Å². The second kappa shape index (κ2) is 8.01. The third-order valence-electron chi connectivity index (χ3n) is 3.05. The van der Waals surface area contributed by atoms with E-state index in [2.05, 4.69) is 10.6 Å². The first-order valence-corrected chi connectivity index (χ1v) is 7.51. The van der Waals surface area contributed by atoms with Gasteiger partial charge in [0.25, 0.3) is 0 Å². The van der Waals surface area contributed by atoms with E-state index in [1.54, 1.807) is 55.6 Å². The van der Waals surface area contributed by atoms with Crippen molar-refractivity contribution in [2.24, 2.45) is 0 Å². The molecule has 0 aliphatic heterocycles. The molecule has 0 unspecified atom stereocenters. The van der Waals surface area contributed by atoms with E-state index in [1.165, 1.54) is 0 Å². The second-order valence-corrected chi connectivity index (χ2v) is 5.30. The summed E-state index contributed by atoms with van der Waals surface area (Å²) in [5.41, 5.74) is 0.948. The van der Waals surface area contributed by atoms with Gasteiger partial charge in [0, 0.05) is 5.69 Å². The highest BCUT2D eigenvalue weighted by molar-refractivity contribution is 6.43. The second-order valence-electron chi connectivity index (χ2n) is 5.30. The lowest BCUT2D eigenvalue weighted by atomic mass is 10.2. The highest BCUT2D eigenvalue weighted by Crippen LogP contribution is 2.24. The highest BCUT2D eigenvalue weighted by atomic mass is 16.5. The predicted octanol–water partition coefficient (Wildman–Crippen LogP) is 3.06. The lowest BCUT2D eigenvalue weighted by molar-refractivity contribution is -0.133. The molecule has 0 fully saturated rings. The van der Waals surface area contributed by atoms with Crippen LogP contribution in [0.2, 0.25) is 0 Å². The maximum absolute atomic E-state index is 12.1. The van der Waals surface area contributed by atoms with E-state index in [0.717, 1.165) is 0 Å². The summed E-state index contributed by atoms with van der Waals surface area (Å²) in [4.78, 5) is 24.1. The number of para-hydroxylation sites is 2. The van der Waals surface area contributed by atoms with Crippen molar-refractivity contribution in [3.63, 3.8) is 0 Å². The number of carbonyl (C=O) groups excluding carboxylic acids is 2. The van der Waals surface area contributed by atoms with E-state index in [9.17, 15) is 9.59 Å². The molecule has 0 bridgehead atoms.